The minimum absolute atomic E-state index is 0.0338. The van der Waals surface area contributed by atoms with Gasteiger partial charge < -0.3 is 4.74 Å². The molecule has 78 valence electrons. The summed E-state index contributed by atoms with van der Waals surface area (Å²) >= 11 is 2.95. The number of aliphatic imine (C=N–C) groups is 1. The molecule has 6 heteroatoms. The third kappa shape index (κ3) is 1.66. The van der Waals surface area contributed by atoms with Gasteiger partial charge in [0.25, 0.3) is 0 Å². The van der Waals surface area contributed by atoms with E-state index in [0.29, 0.717) is 18.1 Å². The predicted molar refractivity (Wildman–Crippen MR) is 56.9 cm³/mol. The van der Waals surface area contributed by atoms with Crippen molar-refractivity contribution in [1.29, 1.82) is 0 Å². The highest BCUT2D eigenvalue weighted by atomic mass is 79.9. The maximum Gasteiger partial charge on any atom is 0.228 e. The second-order valence-electron chi connectivity index (χ2n) is 3.30. The van der Waals surface area contributed by atoms with E-state index in [9.17, 15) is 8.42 Å². The van der Waals surface area contributed by atoms with Crippen molar-refractivity contribution in [3.05, 3.63) is 11.1 Å². The quantitative estimate of drug-likeness (QED) is 0.730. The summed E-state index contributed by atoms with van der Waals surface area (Å²) in [5, 5.41) is 0. The van der Waals surface area contributed by atoms with Crippen molar-refractivity contribution in [3.63, 3.8) is 0 Å². The largest absolute Gasteiger partial charge is 0.381 e. The van der Waals surface area contributed by atoms with Crippen LogP contribution < -0.4 is 0 Å². The van der Waals surface area contributed by atoms with Gasteiger partial charge in [-0.25, -0.2) is 13.4 Å². The van der Waals surface area contributed by atoms with E-state index in [1.807, 2.05) is 0 Å². The Kier molecular flexibility index (Phi) is 2.77. The maximum absolute atomic E-state index is 11.7. The molecule has 0 aromatic carbocycles. The Labute approximate surface area is 91.1 Å². The first kappa shape index (κ1) is 10.3. The third-order valence-corrected chi connectivity index (χ3v) is 5.54. The van der Waals surface area contributed by atoms with Gasteiger partial charge in [-0.05, 0) is 28.8 Å². The minimum Gasteiger partial charge on any atom is -0.381 e. The summed E-state index contributed by atoms with van der Waals surface area (Å²) in [6, 6.07) is 0. The van der Waals surface area contributed by atoms with Crippen LogP contribution in [0.25, 0.3) is 0 Å². The van der Waals surface area contributed by atoms with E-state index < -0.39 is 9.84 Å². The second-order valence-corrected chi connectivity index (χ2v) is 6.44. The lowest BCUT2D eigenvalue weighted by Crippen LogP contribution is -2.22. The molecule has 14 heavy (non-hydrogen) atoms. The van der Waals surface area contributed by atoms with E-state index in [2.05, 4.69) is 20.9 Å². The third-order valence-electron chi connectivity index (χ3n) is 2.45. The first-order valence-corrected chi connectivity index (χ1v) is 6.66. The van der Waals surface area contributed by atoms with Crippen molar-refractivity contribution < 1.29 is 13.2 Å². The van der Waals surface area contributed by atoms with Crippen LogP contribution in [0, 0.1) is 5.92 Å². The highest BCUT2D eigenvalue weighted by Crippen LogP contribution is 2.32. The molecule has 2 aliphatic rings. The van der Waals surface area contributed by atoms with Gasteiger partial charge in [0.2, 0.25) is 13.8 Å². The number of ether oxygens (including phenoxy) is 1. The van der Waals surface area contributed by atoms with Gasteiger partial charge in [-0.15, -0.1) is 0 Å². The Morgan fingerprint density at radius 1 is 1.43 bits per heavy atom. The molecule has 2 rings (SSSR count). The highest BCUT2D eigenvalue weighted by Gasteiger charge is 2.34. The lowest BCUT2D eigenvalue weighted by molar-refractivity contribution is 0.0775. The van der Waals surface area contributed by atoms with Crippen LogP contribution in [0.4, 0.5) is 0 Å². The second kappa shape index (κ2) is 3.75. The summed E-state index contributed by atoms with van der Waals surface area (Å²) < 4.78 is 28.6. The van der Waals surface area contributed by atoms with Crippen molar-refractivity contribution in [2.24, 2.45) is 10.9 Å². The Balaban J connectivity index is 2.22. The standard InChI is InChI=1S/C8H10BrNO3S/c9-8-10-5-7(14(8,11)12)6-1-3-13-4-2-6/h5-6H,1-4H2. The van der Waals surface area contributed by atoms with Crippen LogP contribution in [0.2, 0.25) is 0 Å². The first-order valence-electron chi connectivity index (χ1n) is 4.38. The summed E-state index contributed by atoms with van der Waals surface area (Å²) in [5.41, 5.74) is 0. The molecule has 0 saturated carbocycles. The molecule has 0 radical (unpaired) electrons. The van der Waals surface area contributed by atoms with Crippen LogP contribution in [0.15, 0.2) is 16.1 Å². The molecule has 2 aliphatic heterocycles. The van der Waals surface area contributed by atoms with Gasteiger partial charge in [0.1, 0.15) is 0 Å². The molecule has 4 nitrogen and oxygen atoms in total. The molecule has 0 bridgehead atoms. The lowest BCUT2D eigenvalue weighted by atomic mass is 10.0. The number of allylic oxidation sites excluding steroid dienone is 1. The summed E-state index contributed by atoms with van der Waals surface area (Å²) in [6.45, 7) is 1.27. The SMILES string of the molecule is O=S1(=O)C(C2CCOCC2)=CN=C1Br. The predicted octanol–water partition coefficient (Wildman–Crippen LogP) is 1.43. The van der Waals surface area contributed by atoms with Crippen molar-refractivity contribution >= 4 is 29.7 Å². The Morgan fingerprint density at radius 2 is 2.07 bits per heavy atom. The van der Waals surface area contributed by atoms with Crippen LogP contribution >= 0.6 is 15.9 Å². The Hall–Kier alpha value is -0.200. The Morgan fingerprint density at radius 3 is 2.57 bits per heavy atom. The average Bonchev–Trinajstić information content (AvgIpc) is 2.44. The molecule has 1 saturated heterocycles. The van der Waals surface area contributed by atoms with E-state index in [1.54, 1.807) is 0 Å². The van der Waals surface area contributed by atoms with Crippen LogP contribution in [-0.4, -0.2) is 25.6 Å². The monoisotopic (exact) mass is 279 g/mol. The average molecular weight is 280 g/mol. The number of halogens is 1. The number of nitrogens with zero attached hydrogens (tertiary/aromatic N) is 1. The lowest BCUT2D eigenvalue weighted by Gasteiger charge is -2.22. The molecular formula is C8H10BrNO3S. The fourth-order valence-corrected chi connectivity index (χ4v) is 3.57. The van der Waals surface area contributed by atoms with Crippen LogP contribution in [0.1, 0.15) is 12.8 Å². The van der Waals surface area contributed by atoms with Gasteiger partial charge in [0.05, 0.1) is 4.91 Å². The Bertz CT molecular complexity index is 393. The first-order chi connectivity index (χ1) is 6.62. The van der Waals surface area contributed by atoms with Crippen LogP contribution in [0.3, 0.4) is 0 Å². The fourth-order valence-electron chi connectivity index (χ4n) is 1.66. The van der Waals surface area contributed by atoms with Gasteiger partial charge in [0, 0.05) is 25.3 Å². The zero-order chi connectivity index (χ0) is 10.2. The fraction of sp³-hybridized carbons (Fsp3) is 0.625. The van der Waals surface area contributed by atoms with Gasteiger partial charge in [-0.1, -0.05) is 0 Å². The summed E-state index contributed by atoms with van der Waals surface area (Å²) in [7, 11) is -3.29. The number of sulfone groups is 1. The van der Waals surface area contributed by atoms with Gasteiger partial charge in [-0.3, -0.25) is 0 Å². The van der Waals surface area contributed by atoms with Crippen molar-refractivity contribution in [1.82, 2.24) is 0 Å². The summed E-state index contributed by atoms with van der Waals surface area (Å²) in [6.07, 6.45) is 2.98. The summed E-state index contributed by atoms with van der Waals surface area (Å²) in [5.74, 6) is 0.0764. The molecule has 0 N–H and O–H groups in total. The van der Waals surface area contributed by atoms with Gasteiger partial charge in [-0.2, -0.15) is 0 Å². The van der Waals surface area contributed by atoms with Crippen molar-refractivity contribution in [2.75, 3.05) is 13.2 Å². The van der Waals surface area contributed by atoms with E-state index in [1.165, 1.54) is 6.20 Å². The van der Waals surface area contributed by atoms with Gasteiger partial charge in [0.15, 0.2) is 0 Å². The van der Waals surface area contributed by atoms with Gasteiger partial charge >= 0.3 is 0 Å². The number of hydrogen-bond acceptors (Lipinski definition) is 4. The molecule has 0 atom stereocenters. The zero-order valence-corrected chi connectivity index (χ0v) is 9.84. The van der Waals surface area contributed by atoms with E-state index in [0.717, 1.165) is 12.8 Å². The maximum atomic E-state index is 11.7. The highest BCUT2D eigenvalue weighted by molar-refractivity contribution is 9.21. The molecule has 0 spiro atoms. The van der Waals surface area contributed by atoms with Crippen molar-refractivity contribution in [2.45, 2.75) is 12.8 Å². The molecule has 0 aromatic heterocycles. The zero-order valence-electron chi connectivity index (χ0n) is 7.44. The smallest absolute Gasteiger partial charge is 0.228 e. The van der Waals surface area contributed by atoms with Crippen LogP contribution in [0.5, 0.6) is 0 Å². The van der Waals surface area contributed by atoms with Crippen LogP contribution in [-0.2, 0) is 14.6 Å². The molecule has 0 aliphatic carbocycles. The topological polar surface area (TPSA) is 55.7 Å². The molecule has 0 amide bonds. The van der Waals surface area contributed by atoms with E-state index >= 15 is 0 Å². The molecule has 2 heterocycles. The number of rotatable bonds is 1. The molecular weight excluding hydrogens is 270 g/mol. The molecule has 0 aromatic rings. The molecule has 1 fully saturated rings. The number of hydrogen-bond donors (Lipinski definition) is 0. The van der Waals surface area contributed by atoms with Crippen molar-refractivity contribution in [3.8, 4) is 0 Å². The summed E-state index contributed by atoms with van der Waals surface area (Å²) in [4.78, 5) is 4.23. The van der Waals surface area contributed by atoms with E-state index in [-0.39, 0.29) is 9.87 Å². The minimum atomic E-state index is -3.29. The normalized spacial score (nSPS) is 27.2. The van der Waals surface area contributed by atoms with E-state index in [4.69, 9.17) is 4.74 Å². The molecule has 0 unspecified atom stereocenters.